The van der Waals surface area contributed by atoms with E-state index in [1.54, 1.807) is 0 Å². The molecule has 2 aromatic carbocycles. The molecule has 158 valence electrons. The smallest absolute Gasteiger partial charge is 0.106 e. The fourth-order valence-corrected chi connectivity index (χ4v) is 4.82. The van der Waals surface area contributed by atoms with E-state index in [9.17, 15) is 0 Å². The van der Waals surface area contributed by atoms with Gasteiger partial charge in [-0.05, 0) is 51.2 Å². The minimum absolute atomic E-state index is 0. The van der Waals surface area contributed by atoms with Gasteiger partial charge >= 0.3 is 0 Å². The van der Waals surface area contributed by atoms with Crippen LogP contribution in [0.1, 0.15) is 39.2 Å². The maximum Gasteiger partial charge on any atom is 0.106 e. The predicted molar refractivity (Wildman–Crippen MR) is 134 cm³/mol. The van der Waals surface area contributed by atoms with Gasteiger partial charge in [-0.3, -0.25) is 0 Å². The largest absolute Gasteiger partial charge is 0.376 e. The van der Waals surface area contributed by atoms with Crippen LogP contribution in [-0.4, -0.2) is 42.6 Å². The van der Waals surface area contributed by atoms with Gasteiger partial charge < -0.3 is 15.1 Å². The summed E-state index contributed by atoms with van der Waals surface area (Å²) in [5.41, 5.74) is 3.66. The number of unbranched alkanes of at least 4 members (excludes halogenated alkanes) is 1. The Morgan fingerprint density at radius 2 is 1.86 bits per heavy atom. The van der Waals surface area contributed by atoms with Crippen LogP contribution in [0.3, 0.4) is 0 Å². The molecule has 0 spiro atoms. The Morgan fingerprint density at radius 3 is 2.59 bits per heavy atom. The summed E-state index contributed by atoms with van der Waals surface area (Å²) in [5, 5.41) is 3.41. The third kappa shape index (κ3) is 5.66. The summed E-state index contributed by atoms with van der Waals surface area (Å²) in [7, 11) is 2.19. The minimum atomic E-state index is 0. The number of nitrogens with zero attached hydrogens (tertiary/aromatic N) is 2. The zero-order chi connectivity index (χ0) is 20.1. The molecule has 0 fully saturated rings. The Bertz CT molecular complexity index is 828. The van der Waals surface area contributed by atoms with E-state index in [0.717, 1.165) is 36.6 Å². The lowest BCUT2D eigenvalue weighted by molar-refractivity contribution is 0.332. The van der Waals surface area contributed by atoms with Gasteiger partial charge in [0.05, 0.1) is 11.4 Å². The zero-order valence-corrected chi connectivity index (χ0v) is 20.2. The van der Waals surface area contributed by atoms with Gasteiger partial charge in [-0.1, -0.05) is 62.4 Å². The van der Waals surface area contributed by atoms with Crippen LogP contribution < -0.4 is 10.2 Å². The molecule has 1 aliphatic heterocycles. The predicted octanol–water partition coefficient (Wildman–Crippen LogP) is 6.12. The molecule has 29 heavy (non-hydrogen) atoms. The maximum atomic E-state index is 5.67. The van der Waals surface area contributed by atoms with Gasteiger partial charge in [0.15, 0.2) is 0 Å². The lowest BCUT2D eigenvalue weighted by atomic mass is 10.1. The fraction of sp³-hybridized carbons (Fsp3) is 0.435. The third-order valence-electron chi connectivity index (χ3n) is 5.20. The number of para-hydroxylation sites is 1. The number of anilines is 2. The van der Waals surface area contributed by atoms with Crippen molar-refractivity contribution in [2.75, 3.05) is 31.6 Å². The highest BCUT2D eigenvalue weighted by Crippen LogP contribution is 2.49. The fourth-order valence-electron chi connectivity index (χ4n) is 3.54. The first kappa shape index (κ1) is 24.0. The van der Waals surface area contributed by atoms with Crippen LogP contribution in [0, 0.1) is 0 Å². The lowest BCUT2D eigenvalue weighted by Crippen LogP contribution is -2.39. The van der Waals surface area contributed by atoms with Crippen LogP contribution in [0.5, 0.6) is 0 Å². The van der Waals surface area contributed by atoms with Crippen LogP contribution in [0.2, 0.25) is 0 Å². The number of rotatable bonds is 8. The summed E-state index contributed by atoms with van der Waals surface area (Å²) < 4.78 is 0. The van der Waals surface area contributed by atoms with Gasteiger partial charge in [-0.25, -0.2) is 0 Å². The lowest BCUT2D eigenvalue weighted by Gasteiger charge is -2.39. The molecular formula is C23H32ClN3S2. The second-order valence-electron chi connectivity index (χ2n) is 7.44. The molecule has 0 saturated heterocycles. The van der Waals surface area contributed by atoms with Crippen molar-refractivity contribution in [2.24, 2.45) is 0 Å². The number of halogens is 1. The summed E-state index contributed by atoms with van der Waals surface area (Å²) in [4.78, 5) is 8.32. The standard InChI is InChI=1S/C23H31N3S2.ClH/c1-5-7-14-24-23(27)18-12-13-22-20(15-18)26(17(3)16-25(4)6-2)19-10-8-9-11-21(19)28-22;/h8-13,15,17H,5-7,14,16H2,1-4H3,(H,24,27);1H. The van der Waals surface area contributed by atoms with Crippen LogP contribution in [0.15, 0.2) is 52.3 Å². The van der Waals surface area contributed by atoms with E-state index in [1.165, 1.54) is 27.6 Å². The molecule has 0 saturated carbocycles. The van der Waals surface area contributed by atoms with Crippen molar-refractivity contribution in [1.29, 1.82) is 0 Å². The van der Waals surface area contributed by atoms with Crippen molar-refractivity contribution in [3.05, 3.63) is 48.0 Å². The number of benzene rings is 2. The quantitative estimate of drug-likeness (QED) is 0.385. The molecule has 3 rings (SSSR count). The van der Waals surface area contributed by atoms with Crippen LogP contribution in [0.25, 0.3) is 0 Å². The molecule has 1 unspecified atom stereocenters. The van der Waals surface area contributed by atoms with E-state index >= 15 is 0 Å². The van der Waals surface area contributed by atoms with Gasteiger partial charge in [0.25, 0.3) is 0 Å². The topological polar surface area (TPSA) is 18.5 Å². The Balaban J connectivity index is 0.00000300. The van der Waals surface area contributed by atoms with Crippen molar-refractivity contribution < 1.29 is 0 Å². The van der Waals surface area contributed by atoms with E-state index in [-0.39, 0.29) is 12.4 Å². The highest BCUT2D eigenvalue weighted by atomic mass is 35.5. The Morgan fingerprint density at radius 1 is 1.14 bits per heavy atom. The van der Waals surface area contributed by atoms with Gasteiger partial charge in [-0.2, -0.15) is 0 Å². The summed E-state index contributed by atoms with van der Waals surface area (Å²) in [5.74, 6) is 0. The molecule has 0 amide bonds. The molecule has 0 radical (unpaired) electrons. The Kier molecular flexibility index (Phi) is 9.28. The van der Waals surface area contributed by atoms with Gasteiger partial charge in [0.2, 0.25) is 0 Å². The second kappa shape index (κ2) is 11.2. The van der Waals surface area contributed by atoms with E-state index in [4.69, 9.17) is 12.2 Å². The number of hydrogen-bond acceptors (Lipinski definition) is 4. The summed E-state index contributed by atoms with van der Waals surface area (Å²) in [6.45, 7) is 9.72. The highest BCUT2D eigenvalue weighted by molar-refractivity contribution is 7.99. The third-order valence-corrected chi connectivity index (χ3v) is 6.71. The molecule has 1 N–H and O–H groups in total. The number of thiocarbonyl (C=S) groups is 1. The molecule has 1 aliphatic rings. The first-order chi connectivity index (χ1) is 13.5. The van der Waals surface area contributed by atoms with Crippen LogP contribution >= 0.6 is 36.4 Å². The summed E-state index contributed by atoms with van der Waals surface area (Å²) in [6.07, 6.45) is 2.31. The SMILES string of the molecule is CCCCNC(=S)c1ccc2c(c1)N(C(C)CN(C)CC)c1ccccc1S2.Cl. The number of likely N-dealkylation sites (N-methyl/N-ethyl adjacent to an activating group) is 1. The molecule has 2 aromatic rings. The van der Waals surface area contributed by atoms with Gasteiger partial charge in [0.1, 0.15) is 4.99 Å². The molecule has 1 atom stereocenters. The van der Waals surface area contributed by atoms with Crippen LogP contribution in [0.4, 0.5) is 11.4 Å². The summed E-state index contributed by atoms with van der Waals surface area (Å²) >= 11 is 7.52. The number of nitrogens with one attached hydrogen (secondary N) is 1. The van der Waals surface area contributed by atoms with Crippen molar-refractivity contribution in [3.8, 4) is 0 Å². The van der Waals surface area contributed by atoms with E-state index < -0.39 is 0 Å². The van der Waals surface area contributed by atoms with Crippen molar-refractivity contribution >= 4 is 52.8 Å². The van der Waals surface area contributed by atoms with E-state index in [1.807, 2.05) is 11.8 Å². The van der Waals surface area contributed by atoms with Gasteiger partial charge in [0, 0.05) is 34.5 Å². The highest BCUT2D eigenvalue weighted by Gasteiger charge is 2.28. The summed E-state index contributed by atoms with van der Waals surface area (Å²) in [6, 6.07) is 15.7. The van der Waals surface area contributed by atoms with Gasteiger partial charge in [-0.15, -0.1) is 12.4 Å². The molecule has 0 bridgehead atoms. The van der Waals surface area contributed by atoms with Crippen molar-refractivity contribution in [2.45, 2.75) is 49.4 Å². The monoisotopic (exact) mass is 449 g/mol. The number of fused-ring (bicyclic) bond motifs is 2. The number of hydrogen-bond donors (Lipinski definition) is 1. The molecule has 3 nitrogen and oxygen atoms in total. The van der Waals surface area contributed by atoms with Crippen molar-refractivity contribution in [3.63, 3.8) is 0 Å². The zero-order valence-electron chi connectivity index (χ0n) is 17.8. The van der Waals surface area contributed by atoms with E-state index in [0.29, 0.717) is 6.04 Å². The Hall–Kier alpha value is -1.27. The maximum absolute atomic E-state index is 5.67. The first-order valence-corrected chi connectivity index (χ1v) is 11.4. The van der Waals surface area contributed by atoms with E-state index in [2.05, 4.69) is 85.4 Å². The normalized spacial score (nSPS) is 13.3. The molecule has 6 heteroatoms. The molecular weight excluding hydrogens is 418 g/mol. The molecule has 0 aromatic heterocycles. The van der Waals surface area contributed by atoms with Crippen LogP contribution in [-0.2, 0) is 0 Å². The molecule has 1 heterocycles. The molecule has 0 aliphatic carbocycles. The van der Waals surface area contributed by atoms with Crippen molar-refractivity contribution in [1.82, 2.24) is 10.2 Å². The Labute approximate surface area is 191 Å². The average Bonchev–Trinajstić information content (AvgIpc) is 2.71. The first-order valence-electron chi connectivity index (χ1n) is 10.2. The second-order valence-corrected chi connectivity index (χ2v) is 8.93. The minimum Gasteiger partial charge on any atom is -0.376 e. The average molecular weight is 450 g/mol.